The number of methoxy groups -OCH3 is 1. The Labute approximate surface area is 244 Å². The van der Waals surface area contributed by atoms with Crippen molar-refractivity contribution in [1.82, 2.24) is 10.2 Å². The molecular formula is C32H41N3O5S. The molecule has 1 unspecified atom stereocenters. The summed E-state index contributed by atoms with van der Waals surface area (Å²) in [4.78, 5) is 28.9. The van der Waals surface area contributed by atoms with Gasteiger partial charge in [0, 0.05) is 12.1 Å². The number of nitrogens with one attached hydrogen (secondary N) is 1. The van der Waals surface area contributed by atoms with Gasteiger partial charge in [-0.2, -0.15) is 0 Å². The number of benzene rings is 3. The lowest BCUT2D eigenvalue weighted by atomic mass is 10.1. The number of hydrogen-bond acceptors (Lipinski definition) is 5. The summed E-state index contributed by atoms with van der Waals surface area (Å²) in [5.41, 5.74) is 3.27. The van der Waals surface area contributed by atoms with E-state index in [1.54, 1.807) is 31.2 Å². The maximum Gasteiger partial charge on any atom is 0.264 e. The van der Waals surface area contributed by atoms with Gasteiger partial charge in [-0.1, -0.05) is 53.6 Å². The van der Waals surface area contributed by atoms with E-state index in [-0.39, 0.29) is 23.0 Å². The molecule has 0 aliphatic carbocycles. The first-order valence-corrected chi connectivity index (χ1v) is 15.0. The molecule has 3 aromatic carbocycles. The van der Waals surface area contributed by atoms with Crippen LogP contribution in [0.15, 0.2) is 71.6 Å². The molecule has 1 N–H and O–H groups in total. The molecule has 3 rings (SSSR count). The van der Waals surface area contributed by atoms with Gasteiger partial charge >= 0.3 is 0 Å². The highest BCUT2D eigenvalue weighted by Gasteiger charge is 2.34. The van der Waals surface area contributed by atoms with E-state index in [1.165, 1.54) is 24.1 Å². The third kappa shape index (κ3) is 8.10. The van der Waals surface area contributed by atoms with Gasteiger partial charge in [-0.05, 0) is 83.9 Å². The Morgan fingerprint density at radius 1 is 0.902 bits per heavy atom. The predicted octanol–water partition coefficient (Wildman–Crippen LogP) is 5.15. The van der Waals surface area contributed by atoms with E-state index >= 15 is 0 Å². The topological polar surface area (TPSA) is 96.0 Å². The molecule has 0 spiro atoms. The van der Waals surface area contributed by atoms with Crippen LogP contribution >= 0.6 is 0 Å². The number of sulfonamides is 1. The molecule has 0 aliphatic rings. The second-order valence-corrected chi connectivity index (χ2v) is 13.3. The minimum Gasteiger partial charge on any atom is -0.495 e. The molecule has 41 heavy (non-hydrogen) atoms. The SMILES string of the molecule is COc1ccc(C)cc1N(CC(=O)N(Cc1cccc(C)c1)C(C)C(=O)NC(C)(C)C)S(=O)(=O)c1ccc(C)cc1. The fourth-order valence-electron chi connectivity index (χ4n) is 4.41. The van der Waals surface area contributed by atoms with E-state index in [0.717, 1.165) is 26.6 Å². The zero-order valence-electron chi connectivity index (χ0n) is 25.2. The van der Waals surface area contributed by atoms with Crippen molar-refractivity contribution in [3.8, 4) is 5.75 Å². The summed E-state index contributed by atoms with van der Waals surface area (Å²) in [6.07, 6.45) is 0. The number of anilines is 1. The Bertz CT molecular complexity index is 1490. The van der Waals surface area contributed by atoms with Crippen LogP contribution in [0.5, 0.6) is 5.75 Å². The Morgan fingerprint density at radius 3 is 2.10 bits per heavy atom. The Balaban J connectivity index is 2.11. The van der Waals surface area contributed by atoms with Gasteiger partial charge in [-0.3, -0.25) is 13.9 Å². The highest BCUT2D eigenvalue weighted by Crippen LogP contribution is 2.34. The molecule has 220 valence electrons. The molecule has 0 radical (unpaired) electrons. The van der Waals surface area contributed by atoms with Crippen molar-refractivity contribution < 1.29 is 22.7 Å². The molecule has 2 amide bonds. The predicted molar refractivity (Wildman–Crippen MR) is 163 cm³/mol. The van der Waals surface area contributed by atoms with Crippen molar-refractivity contribution in [3.63, 3.8) is 0 Å². The average Bonchev–Trinajstić information content (AvgIpc) is 2.89. The van der Waals surface area contributed by atoms with Crippen molar-refractivity contribution in [2.75, 3.05) is 18.0 Å². The van der Waals surface area contributed by atoms with Gasteiger partial charge in [0.05, 0.1) is 17.7 Å². The summed E-state index contributed by atoms with van der Waals surface area (Å²) < 4.78 is 34.8. The Morgan fingerprint density at radius 2 is 1.51 bits per heavy atom. The Hall–Kier alpha value is -3.85. The number of carbonyl (C=O) groups excluding carboxylic acids is 2. The van der Waals surface area contributed by atoms with Crippen LogP contribution in [-0.2, 0) is 26.2 Å². The van der Waals surface area contributed by atoms with E-state index in [2.05, 4.69) is 5.32 Å². The van der Waals surface area contributed by atoms with Crippen LogP contribution in [-0.4, -0.2) is 50.4 Å². The molecule has 0 fully saturated rings. The number of carbonyl (C=O) groups is 2. The summed E-state index contributed by atoms with van der Waals surface area (Å²) in [6, 6.07) is 18.4. The van der Waals surface area contributed by atoms with Gasteiger partial charge in [0.2, 0.25) is 11.8 Å². The van der Waals surface area contributed by atoms with Crippen LogP contribution in [0.3, 0.4) is 0 Å². The van der Waals surface area contributed by atoms with Crippen molar-refractivity contribution in [3.05, 3.63) is 89.0 Å². The van der Waals surface area contributed by atoms with Crippen molar-refractivity contribution in [2.45, 2.75) is 71.5 Å². The molecular weight excluding hydrogens is 538 g/mol. The fraction of sp³-hybridized carbons (Fsp3) is 0.375. The summed E-state index contributed by atoms with van der Waals surface area (Å²) in [5, 5.41) is 2.94. The number of ether oxygens (including phenoxy) is 1. The van der Waals surface area contributed by atoms with E-state index in [9.17, 15) is 18.0 Å². The first kappa shape index (κ1) is 31.7. The summed E-state index contributed by atoms with van der Waals surface area (Å²) in [6.45, 7) is 12.5. The molecule has 8 nitrogen and oxygen atoms in total. The van der Waals surface area contributed by atoms with E-state index in [1.807, 2.05) is 71.9 Å². The Kier molecular flexibility index (Phi) is 9.86. The molecule has 0 saturated heterocycles. The zero-order valence-corrected chi connectivity index (χ0v) is 26.0. The number of amides is 2. The lowest BCUT2D eigenvalue weighted by molar-refractivity contribution is -0.140. The minimum absolute atomic E-state index is 0.0446. The van der Waals surface area contributed by atoms with E-state index in [0.29, 0.717) is 5.75 Å². The van der Waals surface area contributed by atoms with Gasteiger partial charge in [-0.25, -0.2) is 8.42 Å². The summed E-state index contributed by atoms with van der Waals surface area (Å²) >= 11 is 0. The summed E-state index contributed by atoms with van der Waals surface area (Å²) in [7, 11) is -2.74. The highest BCUT2D eigenvalue weighted by molar-refractivity contribution is 7.92. The maximum absolute atomic E-state index is 14.1. The third-order valence-corrected chi connectivity index (χ3v) is 8.37. The van der Waals surface area contributed by atoms with Crippen LogP contribution in [0.2, 0.25) is 0 Å². The van der Waals surface area contributed by atoms with Gasteiger partial charge < -0.3 is 15.0 Å². The lowest BCUT2D eigenvalue weighted by Crippen LogP contribution is -2.54. The third-order valence-electron chi connectivity index (χ3n) is 6.59. The molecule has 0 aromatic heterocycles. The lowest BCUT2D eigenvalue weighted by Gasteiger charge is -2.34. The highest BCUT2D eigenvalue weighted by atomic mass is 32.2. The van der Waals surface area contributed by atoms with Crippen LogP contribution in [0.4, 0.5) is 5.69 Å². The quantitative estimate of drug-likeness (QED) is 0.359. The van der Waals surface area contributed by atoms with E-state index < -0.39 is 34.1 Å². The number of rotatable bonds is 10. The molecule has 0 aliphatic heterocycles. The standard InChI is InChI=1S/C32H41N3O5S/c1-22-12-15-27(16-13-22)41(38,39)35(28-19-24(3)14-17-29(28)40-8)21-30(36)34(20-26-11-9-10-23(2)18-26)25(4)31(37)33-32(5,6)7/h9-19,25H,20-21H2,1-8H3,(H,33,37). The molecule has 0 saturated carbocycles. The summed E-state index contributed by atoms with van der Waals surface area (Å²) in [5.74, 6) is -0.551. The van der Waals surface area contributed by atoms with Crippen molar-refractivity contribution in [1.29, 1.82) is 0 Å². The second-order valence-electron chi connectivity index (χ2n) is 11.4. The minimum atomic E-state index is -4.20. The maximum atomic E-state index is 14.1. The first-order chi connectivity index (χ1) is 19.1. The van der Waals surface area contributed by atoms with Crippen LogP contribution in [0.25, 0.3) is 0 Å². The smallest absolute Gasteiger partial charge is 0.264 e. The fourth-order valence-corrected chi connectivity index (χ4v) is 5.83. The van der Waals surface area contributed by atoms with Gasteiger partial charge in [0.15, 0.2) is 0 Å². The number of aryl methyl sites for hydroxylation is 3. The number of hydrogen-bond donors (Lipinski definition) is 1. The van der Waals surface area contributed by atoms with E-state index in [4.69, 9.17) is 4.74 Å². The van der Waals surface area contributed by atoms with Crippen LogP contribution < -0.4 is 14.4 Å². The first-order valence-electron chi connectivity index (χ1n) is 13.5. The largest absolute Gasteiger partial charge is 0.495 e. The average molecular weight is 580 g/mol. The molecule has 0 bridgehead atoms. The van der Waals surface area contributed by atoms with Gasteiger partial charge in [-0.15, -0.1) is 0 Å². The molecule has 3 aromatic rings. The molecule has 9 heteroatoms. The van der Waals surface area contributed by atoms with Crippen LogP contribution in [0, 0.1) is 20.8 Å². The second kappa shape index (κ2) is 12.8. The normalized spacial score (nSPS) is 12.4. The zero-order chi connectivity index (χ0) is 30.5. The van der Waals surface area contributed by atoms with Crippen molar-refractivity contribution in [2.24, 2.45) is 0 Å². The number of nitrogens with zero attached hydrogens (tertiary/aromatic N) is 2. The molecule has 0 heterocycles. The monoisotopic (exact) mass is 579 g/mol. The van der Waals surface area contributed by atoms with Crippen molar-refractivity contribution >= 4 is 27.5 Å². The van der Waals surface area contributed by atoms with Crippen LogP contribution in [0.1, 0.15) is 49.9 Å². The molecule has 1 atom stereocenters. The van der Waals surface area contributed by atoms with Gasteiger partial charge in [0.25, 0.3) is 10.0 Å². The van der Waals surface area contributed by atoms with Gasteiger partial charge in [0.1, 0.15) is 18.3 Å².